The number of hydrogen-bond donors (Lipinski definition) is 0. The van der Waals surface area contributed by atoms with Crippen molar-refractivity contribution >= 4 is 17.2 Å². The lowest BCUT2D eigenvalue weighted by atomic mass is 10.1. The van der Waals surface area contributed by atoms with E-state index in [0.717, 1.165) is 26.1 Å². The molecule has 1 unspecified atom stereocenters. The van der Waals surface area contributed by atoms with E-state index in [1.807, 2.05) is 11.3 Å². The van der Waals surface area contributed by atoms with Gasteiger partial charge in [0.05, 0.1) is 11.7 Å². The number of rotatable bonds is 2. The molecule has 0 N–H and O–H groups in total. The van der Waals surface area contributed by atoms with E-state index in [1.54, 1.807) is 6.33 Å². The van der Waals surface area contributed by atoms with E-state index >= 15 is 0 Å². The molecule has 2 aromatic heterocycles. The molecule has 0 bridgehead atoms. The van der Waals surface area contributed by atoms with E-state index in [2.05, 4.69) is 44.3 Å². The van der Waals surface area contributed by atoms with Gasteiger partial charge in [0.2, 0.25) is 0 Å². The molecule has 4 nitrogen and oxygen atoms in total. The highest BCUT2D eigenvalue weighted by Crippen LogP contribution is 2.39. The molecule has 4 heterocycles. The van der Waals surface area contributed by atoms with Crippen molar-refractivity contribution in [2.75, 3.05) is 25.0 Å². The Morgan fingerprint density at radius 2 is 2.24 bits per heavy atom. The molecule has 4 rings (SSSR count). The summed E-state index contributed by atoms with van der Waals surface area (Å²) in [4.78, 5) is 15.5. The average Bonchev–Trinajstić information content (AvgIpc) is 3.17. The molecule has 21 heavy (non-hydrogen) atoms. The predicted octanol–water partition coefficient (Wildman–Crippen LogP) is 2.87. The van der Waals surface area contributed by atoms with Crippen molar-refractivity contribution in [3.8, 4) is 0 Å². The highest BCUT2D eigenvalue weighted by Gasteiger charge is 2.31. The summed E-state index contributed by atoms with van der Waals surface area (Å²) >= 11 is 1.86. The van der Waals surface area contributed by atoms with Crippen molar-refractivity contribution in [2.45, 2.75) is 31.8 Å². The van der Waals surface area contributed by atoms with Crippen molar-refractivity contribution in [1.82, 2.24) is 14.9 Å². The largest absolute Gasteiger partial charge is 0.348 e. The lowest BCUT2D eigenvalue weighted by Gasteiger charge is -2.31. The second kappa shape index (κ2) is 5.39. The molecule has 110 valence electrons. The Balaban J connectivity index is 1.73. The zero-order valence-corrected chi connectivity index (χ0v) is 13.1. The summed E-state index contributed by atoms with van der Waals surface area (Å²) in [6.45, 7) is 3.17. The van der Waals surface area contributed by atoms with Crippen LogP contribution in [0.2, 0.25) is 0 Å². The summed E-state index contributed by atoms with van der Waals surface area (Å²) < 4.78 is 0. The Bertz CT molecular complexity index is 625. The van der Waals surface area contributed by atoms with Gasteiger partial charge >= 0.3 is 0 Å². The van der Waals surface area contributed by atoms with E-state index in [4.69, 9.17) is 0 Å². The minimum Gasteiger partial charge on any atom is -0.348 e. The maximum atomic E-state index is 4.66. The fourth-order valence-corrected chi connectivity index (χ4v) is 4.38. The number of nitrogens with zero attached hydrogens (tertiary/aromatic N) is 4. The summed E-state index contributed by atoms with van der Waals surface area (Å²) in [7, 11) is 2.18. The van der Waals surface area contributed by atoms with Gasteiger partial charge in [-0.1, -0.05) is 6.07 Å². The molecule has 0 amide bonds. The minimum atomic E-state index is 0.497. The highest BCUT2D eigenvalue weighted by atomic mass is 32.1. The molecular formula is C16H20N4S. The normalized spacial score (nSPS) is 22.5. The average molecular weight is 300 g/mol. The van der Waals surface area contributed by atoms with Crippen LogP contribution in [0.5, 0.6) is 0 Å². The zero-order chi connectivity index (χ0) is 14.2. The summed E-state index contributed by atoms with van der Waals surface area (Å²) in [5, 5.41) is 2.18. The molecule has 0 spiro atoms. The lowest BCUT2D eigenvalue weighted by molar-refractivity contribution is 0.309. The second-order valence-corrected chi connectivity index (χ2v) is 6.96. The quantitative estimate of drug-likeness (QED) is 0.853. The first-order chi connectivity index (χ1) is 10.3. The molecule has 1 fully saturated rings. The Morgan fingerprint density at radius 3 is 3.10 bits per heavy atom. The van der Waals surface area contributed by atoms with Crippen molar-refractivity contribution in [1.29, 1.82) is 0 Å². The van der Waals surface area contributed by atoms with Gasteiger partial charge in [-0.05, 0) is 31.3 Å². The van der Waals surface area contributed by atoms with Crippen LogP contribution < -0.4 is 4.90 Å². The molecule has 1 atom stereocenters. The van der Waals surface area contributed by atoms with Gasteiger partial charge in [0.15, 0.2) is 0 Å². The van der Waals surface area contributed by atoms with Crippen LogP contribution >= 0.6 is 11.3 Å². The van der Waals surface area contributed by atoms with Gasteiger partial charge in [-0.25, -0.2) is 9.97 Å². The molecule has 2 aromatic rings. The van der Waals surface area contributed by atoms with Crippen molar-refractivity contribution in [3.63, 3.8) is 0 Å². The third-order valence-corrected chi connectivity index (χ3v) is 5.54. The Hall–Kier alpha value is -1.46. The van der Waals surface area contributed by atoms with E-state index in [-0.39, 0.29) is 0 Å². The minimum absolute atomic E-state index is 0.497. The molecule has 2 aliphatic rings. The Kier molecular flexibility index (Phi) is 3.39. The lowest BCUT2D eigenvalue weighted by Crippen LogP contribution is -2.31. The van der Waals surface area contributed by atoms with Gasteiger partial charge in [-0.15, -0.1) is 11.3 Å². The number of aromatic nitrogens is 2. The standard InChI is InChI=1S/C16H20N4S/c1-19-8-6-13-12(10-19)16(18-11-17-13)20-7-2-4-14(20)15-5-3-9-21-15/h3,5,9,11,14H,2,4,6-8,10H2,1H3. The molecule has 5 heteroatoms. The number of fused-ring (bicyclic) bond motifs is 1. The molecule has 2 aliphatic heterocycles. The van der Waals surface area contributed by atoms with Crippen LogP contribution in [-0.2, 0) is 13.0 Å². The van der Waals surface area contributed by atoms with Gasteiger partial charge in [0, 0.05) is 36.5 Å². The second-order valence-electron chi connectivity index (χ2n) is 5.98. The van der Waals surface area contributed by atoms with Crippen LogP contribution in [0.3, 0.4) is 0 Å². The van der Waals surface area contributed by atoms with Crippen molar-refractivity contribution in [2.24, 2.45) is 0 Å². The fraction of sp³-hybridized carbons (Fsp3) is 0.500. The van der Waals surface area contributed by atoms with Crippen molar-refractivity contribution in [3.05, 3.63) is 40.0 Å². The molecule has 0 radical (unpaired) electrons. The first-order valence-corrected chi connectivity index (χ1v) is 8.52. The summed E-state index contributed by atoms with van der Waals surface area (Å²) in [6, 6.07) is 4.91. The summed E-state index contributed by atoms with van der Waals surface area (Å²) in [6.07, 6.45) is 5.27. The van der Waals surface area contributed by atoms with Crippen LogP contribution in [0.1, 0.15) is 35.0 Å². The van der Waals surface area contributed by atoms with Crippen LogP contribution in [0, 0.1) is 0 Å². The van der Waals surface area contributed by atoms with Crippen molar-refractivity contribution < 1.29 is 0 Å². The molecule has 0 aromatic carbocycles. The van der Waals surface area contributed by atoms with Crippen LogP contribution in [0.15, 0.2) is 23.8 Å². The third-order valence-electron chi connectivity index (χ3n) is 4.57. The van der Waals surface area contributed by atoms with Crippen LogP contribution in [0.25, 0.3) is 0 Å². The fourth-order valence-electron chi connectivity index (χ4n) is 3.51. The number of thiophene rings is 1. The van der Waals surface area contributed by atoms with Crippen LogP contribution in [-0.4, -0.2) is 35.0 Å². The maximum Gasteiger partial charge on any atom is 0.137 e. The topological polar surface area (TPSA) is 32.3 Å². The molecular weight excluding hydrogens is 280 g/mol. The first-order valence-electron chi connectivity index (χ1n) is 7.64. The smallest absolute Gasteiger partial charge is 0.137 e. The van der Waals surface area contributed by atoms with Gasteiger partial charge < -0.3 is 9.80 Å². The number of anilines is 1. The van der Waals surface area contributed by atoms with Gasteiger partial charge in [0.25, 0.3) is 0 Å². The van der Waals surface area contributed by atoms with E-state index in [9.17, 15) is 0 Å². The van der Waals surface area contributed by atoms with E-state index in [0.29, 0.717) is 6.04 Å². The highest BCUT2D eigenvalue weighted by molar-refractivity contribution is 7.10. The molecule has 1 saturated heterocycles. The van der Waals surface area contributed by atoms with Gasteiger partial charge in [-0.2, -0.15) is 0 Å². The van der Waals surface area contributed by atoms with Gasteiger partial charge in [0.1, 0.15) is 12.1 Å². The first kappa shape index (κ1) is 13.2. The SMILES string of the molecule is CN1CCc2ncnc(N3CCCC3c3cccs3)c2C1. The number of likely N-dealkylation sites (N-methyl/N-ethyl adjacent to an activating group) is 1. The van der Waals surface area contributed by atoms with Gasteiger partial charge in [-0.3, -0.25) is 0 Å². The number of hydrogen-bond acceptors (Lipinski definition) is 5. The van der Waals surface area contributed by atoms with E-state index in [1.165, 1.54) is 34.8 Å². The van der Waals surface area contributed by atoms with Crippen LogP contribution in [0.4, 0.5) is 5.82 Å². The summed E-state index contributed by atoms with van der Waals surface area (Å²) in [5.74, 6) is 1.17. The Labute approximate surface area is 129 Å². The Morgan fingerprint density at radius 1 is 1.29 bits per heavy atom. The maximum absolute atomic E-state index is 4.66. The molecule has 0 aliphatic carbocycles. The predicted molar refractivity (Wildman–Crippen MR) is 85.7 cm³/mol. The monoisotopic (exact) mass is 300 g/mol. The zero-order valence-electron chi connectivity index (χ0n) is 12.3. The molecule has 0 saturated carbocycles. The van der Waals surface area contributed by atoms with E-state index < -0.39 is 0 Å². The summed E-state index contributed by atoms with van der Waals surface area (Å²) in [5.41, 5.74) is 2.59. The third kappa shape index (κ3) is 2.34.